The third-order valence-electron chi connectivity index (χ3n) is 12.9. The summed E-state index contributed by atoms with van der Waals surface area (Å²) < 4.78 is 37.1. The molecule has 0 amide bonds. The summed E-state index contributed by atoms with van der Waals surface area (Å²) in [5.74, 6) is 3.18. The minimum Gasteiger partial charge on any atom is -0.330 e. The van der Waals surface area contributed by atoms with Crippen LogP contribution >= 0.6 is 0 Å². The third kappa shape index (κ3) is 8.23. The van der Waals surface area contributed by atoms with Crippen LogP contribution in [-0.4, -0.2) is 57.1 Å². The van der Waals surface area contributed by atoms with Crippen molar-refractivity contribution in [3.8, 4) is 0 Å². The number of ketones is 1. The van der Waals surface area contributed by atoms with Crippen LogP contribution in [0.4, 0.5) is 0 Å². The second-order valence-corrected chi connectivity index (χ2v) is 16.8. The normalized spacial score (nSPS) is 37.5. The van der Waals surface area contributed by atoms with E-state index in [1.165, 1.54) is 19.3 Å². The van der Waals surface area contributed by atoms with Crippen LogP contribution in [0.1, 0.15) is 118 Å². The lowest BCUT2D eigenvalue weighted by Gasteiger charge is -2.60. The average Bonchev–Trinajstić information content (AvgIpc) is 3.29. The summed E-state index contributed by atoms with van der Waals surface area (Å²) in [6, 6.07) is 0.532. The first kappa shape index (κ1) is 35.3. The summed E-state index contributed by atoms with van der Waals surface area (Å²) in [4.78, 5) is 14.0. The average molecular weight is 626 g/mol. The molecule has 10 atom stereocenters. The summed E-state index contributed by atoms with van der Waals surface area (Å²) in [7, 11) is -4.46. The molecule has 43 heavy (non-hydrogen) atoms. The molecule has 0 saturated heterocycles. The van der Waals surface area contributed by atoms with Crippen molar-refractivity contribution in [3.63, 3.8) is 0 Å². The van der Waals surface area contributed by atoms with Gasteiger partial charge in [0.15, 0.2) is 0 Å². The first-order valence-electron chi connectivity index (χ1n) is 17.6. The number of nitrogens with two attached hydrogens (primary N) is 1. The molecule has 4 rings (SSSR count). The highest BCUT2D eigenvalue weighted by Gasteiger charge is 2.63. The van der Waals surface area contributed by atoms with E-state index in [-0.39, 0.29) is 22.7 Å². The molecule has 0 spiro atoms. The Labute approximate surface area is 262 Å². The van der Waals surface area contributed by atoms with Crippen LogP contribution in [0.3, 0.4) is 0 Å². The van der Waals surface area contributed by atoms with Crippen molar-refractivity contribution in [1.29, 1.82) is 0 Å². The Kier molecular flexibility index (Phi) is 12.2. The molecule has 0 aromatic carbocycles. The molecule has 4 fully saturated rings. The van der Waals surface area contributed by atoms with Gasteiger partial charge in [0.1, 0.15) is 5.78 Å². The van der Waals surface area contributed by atoms with Gasteiger partial charge in [-0.3, -0.25) is 9.35 Å². The highest BCUT2D eigenvalue weighted by atomic mass is 32.3. The molecule has 0 heterocycles. The first-order valence-corrected chi connectivity index (χ1v) is 19.0. The molecule has 4 aliphatic rings. The van der Waals surface area contributed by atoms with E-state index in [2.05, 4.69) is 31.4 Å². The van der Waals surface area contributed by atoms with E-state index in [0.717, 1.165) is 84.0 Å². The number of hydrogen-bond donors (Lipinski definition) is 4. The van der Waals surface area contributed by atoms with Crippen molar-refractivity contribution in [1.82, 2.24) is 10.6 Å². The van der Waals surface area contributed by atoms with E-state index in [4.69, 9.17) is 9.92 Å². The molecule has 5 unspecified atom stereocenters. The Balaban J connectivity index is 1.32. The SMILES string of the molecule is CC(C)C(CCC(C)[C@H]1CCC2C3C(=O)C[C@H]4C[C@@H](NCCCNCCCCN)CC[C@]4(C)C3CC[C@@]21C)OS(=O)(=O)O. The number of carbonyl (C=O) groups is 1. The van der Waals surface area contributed by atoms with Gasteiger partial charge in [-0.1, -0.05) is 34.6 Å². The lowest BCUT2D eigenvalue weighted by atomic mass is 9.44. The van der Waals surface area contributed by atoms with Gasteiger partial charge in [0, 0.05) is 18.4 Å². The summed E-state index contributed by atoms with van der Waals surface area (Å²) in [5.41, 5.74) is 6.00. The van der Waals surface area contributed by atoms with Crippen LogP contribution in [0.25, 0.3) is 0 Å². The maximum atomic E-state index is 14.0. The number of carbonyl (C=O) groups excluding carboxylic acids is 1. The second kappa shape index (κ2) is 14.9. The molecular formula is C34H63N3O5S. The van der Waals surface area contributed by atoms with Crippen molar-refractivity contribution in [2.24, 2.45) is 58.0 Å². The lowest BCUT2D eigenvalue weighted by Crippen LogP contribution is -2.58. The molecular weight excluding hydrogens is 562 g/mol. The van der Waals surface area contributed by atoms with E-state index in [1.54, 1.807) is 0 Å². The van der Waals surface area contributed by atoms with Crippen molar-refractivity contribution in [3.05, 3.63) is 0 Å². The Bertz CT molecular complexity index is 1020. The summed E-state index contributed by atoms with van der Waals surface area (Å²) in [6.07, 6.45) is 13.3. The number of fused-ring (bicyclic) bond motifs is 5. The minimum absolute atomic E-state index is 0.00361. The largest absolute Gasteiger partial charge is 0.397 e. The Morgan fingerprint density at radius 2 is 1.65 bits per heavy atom. The third-order valence-corrected chi connectivity index (χ3v) is 13.4. The van der Waals surface area contributed by atoms with E-state index < -0.39 is 16.5 Å². The number of unbranched alkanes of at least 4 members (excludes halogenated alkanes) is 1. The highest BCUT2D eigenvalue weighted by Crippen LogP contribution is 2.67. The van der Waals surface area contributed by atoms with Crippen molar-refractivity contribution >= 4 is 16.2 Å². The van der Waals surface area contributed by atoms with Gasteiger partial charge in [0.2, 0.25) is 0 Å². The second-order valence-electron chi connectivity index (χ2n) is 15.7. The molecule has 0 aliphatic heterocycles. The quantitative estimate of drug-likeness (QED) is 0.126. The Morgan fingerprint density at radius 3 is 2.35 bits per heavy atom. The fourth-order valence-corrected chi connectivity index (χ4v) is 11.0. The minimum atomic E-state index is -4.46. The maximum Gasteiger partial charge on any atom is 0.397 e. The van der Waals surface area contributed by atoms with Crippen LogP contribution in [0.2, 0.25) is 0 Å². The zero-order valence-electron chi connectivity index (χ0n) is 27.8. The van der Waals surface area contributed by atoms with E-state index in [9.17, 15) is 17.8 Å². The van der Waals surface area contributed by atoms with Gasteiger partial charge in [0.25, 0.3) is 0 Å². The Morgan fingerprint density at radius 1 is 0.953 bits per heavy atom. The van der Waals surface area contributed by atoms with Gasteiger partial charge in [-0.25, -0.2) is 4.18 Å². The molecule has 5 N–H and O–H groups in total. The standard InChI is InChI=1S/C34H63N3O5S/c1-23(2)31(42-43(39,40)41)12-9-24(3)27-10-11-28-32-29(14-16-34(27,28)5)33(4)15-13-26(21-25(33)22-30(32)38)37-20-8-19-36-18-7-6-17-35/h23-29,31-32,36-37H,6-22,35H2,1-5H3,(H,39,40,41)/t24?,25-,26+,27-,28?,29?,31?,32?,33+,34-/m1/s1. The van der Waals surface area contributed by atoms with E-state index >= 15 is 0 Å². The zero-order valence-corrected chi connectivity index (χ0v) is 28.6. The predicted molar refractivity (Wildman–Crippen MR) is 173 cm³/mol. The maximum absolute atomic E-state index is 14.0. The van der Waals surface area contributed by atoms with Crippen LogP contribution in [0.15, 0.2) is 0 Å². The van der Waals surface area contributed by atoms with Gasteiger partial charge in [0.05, 0.1) is 6.10 Å². The summed E-state index contributed by atoms with van der Waals surface area (Å²) in [5, 5.41) is 7.36. The van der Waals surface area contributed by atoms with Crippen molar-refractivity contribution < 1.29 is 21.9 Å². The molecule has 0 bridgehead atoms. The molecule has 4 saturated carbocycles. The van der Waals surface area contributed by atoms with Gasteiger partial charge in [-0.15, -0.1) is 0 Å². The van der Waals surface area contributed by atoms with Crippen molar-refractivity contribution in [2.45, 2.75) is 130 Å². The van der Waals surface area contributed by atoms with Crippen LogP contribution in [0, 0.1) is 52.3 Å². The first-order chi connectivity index (χ1) is 20.3. The molecule has 8 nitrogen and oxygen atoms in total. The summed E-state index contributed by atoms with van der Waals surface area (Å²) in [6.45, 7) is 15.1. The number of hydrogen-bond acceptors (Lipinski definition) is 7. The number of rotatable bonds is 16. The smallest absolute Gasteiger partial charge is 0.330 e. The highest BCUT2D eigenvalue weighted by molar-refractivity contribution is 7.80. The van der Waals surface area contributed by atoms with Gasteiger partial charge >= 0.3 is 10.4 Å². The van der Waals surface area contributed by atoms with Gasteiger partial charge in [-0.2, -0.15) is 8.42 Å². The molecule has 0 aromatic rings. The Hall–Kier alpha value is -0.580. The van der Waals surface area contributed by atoms with Crippen LogP contribution in [-0.2, 0) is 19.4 Å². The van der Waals surface area contributed by atoms with Crippen molar-refractivity contribution in [2.75, 3.05) is 26.2 Å². The van der Waals surface area contributed by atoms with E-state index in [0.29, 0.717) is 47.8 Å². The zero-order chi connectivity index (χ0) is 31.4. The fourth-order valence-electron chi connectivity index (χ4n) is 10.4. The monoisotopic (exact) mass is 625 g/mol. The van der Waals surface area contributed by atoms with E-state index in [1.807, 2.05) is 13.8 Å². The lowest BCUT2D eigenvalue weighted by molar-refractivity contribution is -0.157. The van der Waals surface area contributed by atoms with Crippen LogP contribution < -0.4 is 16.4 Å². The molecule has 0 aromatic heterocycles. The van der Waals surface area contributed by atoms with Gasteiger partial charge in [-0.05, 0) is 150 Å². The molecule has 0 radical (unpaired) electrons. The molecule has 4 aliphatic carbocycles. The number of Topliss-reactive ketones (excluding diaryl/α,β-unsaturated/α-hetero) is 1. The summed E-state index contributed by atoms with van der Waals surface area (Å²) >= 11 is 0. The molecule has 9 heteroatoms. The molecule has 250 valence electrons. The number of nitrogens with one attached hydrogen (secondary N) is 2. The van der Waals surface area contributed by atoms with Crippen LogP contribution in [0.5, 0.6) is 0 Å². The fraction of sp³-hybridized carbons (Fsp3) is 0.971. The predicted octanol–water partition coefficient (Wildman–Crippen LogP) is 5.76. The topological polar surface area (TPSA) is 131 Å². The van der Waals surface area contributed by atoms with Gasteiger partial charge < -0.3 is 16.4 Å².